The van der Waals surface area contributed by atoms with E-state index in [4.69, 9.17) is 4.74 Å². The number of nitrogens with one attached hydrogen (secondary N) is 1. The van der Waals surface area contributed by atoms with E-state index in [-0.39, 0.29) is 11.8 Å². The Labute approximate surface area is 151 Å². The maximum Gasteiger partial charge on any atom is 0.573 e. The summed E-state index contributed by atoms with van der Waals surface area (Å²) in [6.07, 6.45) is -3.13. The average Bonchev–Trinajstić information content (AvgIpc) is 2.57. The molecule has 7 heteroatoms. The van der Waals surface area contributed by atoms with Gasteiger partial charge in [-0.25, -0.2) is 4.39 Å². The van der Waals surface area contributed by atoms with Crippen molar-refractivity contribution in [3.8, 4) is 5.75 Å². The summed E-state index contributed by atoms with van der Waals surface area (Å²) in [5.41, 5.74) is 1.48. The molecule has 1 aromatic carbocycles. The van der Waals surface area contributed by atoms with E-state index < -0.39 is 17.9 Å². The Hall–Kier alpha value is -1.60. The van der Waals surface area contributed by atoms with Gasteiger partial charge in [0.15, 0.2) is 11.6 Å². The van der Waals surface area contributed by atoms with Crippen LogP contribution < -0.4 is 10.1 Å². The van der Waals surface area contributed by atoms with Crippen LogP contribution in [-0.4, -0.2) is 32.2 Å². The van der Waals surface area contributed by atoms with Crippen molar-refractivity contribution in [3.05, 3.63) is 41.7 Å². The van der Waals surface area contributed by atoms with Crippen LogP contribution in [0, 0.1) is 11.7 Å². The van der Waals surface area contributed by atoms with Crippen LogP contribution >= 0.6 is 0 Å². The zero-order chi connectivity index (χ0) is 19.3. The second-order valence-electron chi connectivity index (χ2n) is 6.81. The van der Waals surface area contributed by atoms with Crippen molar-refractivity contribution in [1.82, 2.24) is 5.32 Å². The minimum absolute atomic E-state index is 0.158. The minimum Gasteiger partial charge on any atom is -0.403 e. The molecule has 0 saturated carbocycles. The molecular formula is C19H25F4NO2. The van der Waals surface area contributed by atoms with E-state index >= 15 is 0 Å². The molecule has 0 spiro atoms. The van der Waals surface area contributed by atoms with Crippen LogP contribution in [0.25, 0.3) is 0 Å². The lowest BCUT2D eigenvalue weighted by Gasteiger charge is -2.28. The highest BCUT2D eigenvalue weighted by atomic mass is 19.4. The first-order chi connectivity index (χ1) is 12.2. The van der Waals surface area contributed by atoms with Crippen LogP contribution in [0.3, 0.4) is 0 Å². The molecule has 0 aromatic heterocycles. The summed E-state index contributed by atoms with van der Waals surface area (Å²) < 4.78 is 60.1. The summed E-state index contributed by atoms with van der Waals surface area (Å²) in [5.74, 6) is -1.90. The molecule has 1 atom stereocenters. The van der Waals surface area contributed by atoms with E-state index in [0.717, 1.165) is 30.5 Å². The van der Waals surface area contributed by atoms with Crippen molar-refractivity contribution >= 4 is 0 Å². The topological polar surface area (TPSA) is 30.5 Å². The molecule has 0 radical (unpaired) electrons. The average molecular weight is 375 g/mol. The monoisotopic (exact) mass is 375 g/mol. The van der Waals surface area contributed by atoms with Gasteiger partial charge in [0, 0.05) is 31.7 Å². The smallest absolute Gasteiger partial charge is 0.403 e. The fourth-order valence-corrected chi connectivity index (χ4v) is 2.99. The number of rotatable bonds is 7. The Morgan fingerprint density at radius 1 is 1.31 bits per heavy atom. The van der Waals surface area contributed by atoms with Gasteiger partial charge in [0.25, 0.3) is 0 Å². The summed E-state index contributed by atoms with van der Waals surface area (Å²) in [5, 5.41) is 3.45. The molecule has 1 heterocycles. The number of benzene rings is 1. The summed E-state index contributed by atoms with van der Waals surface area (Å²) in [4.78, 5) is 0. The minimum atomic E-state index is -4.92. The second-order valence-corrected chi connectivity index (χ2v) is 6.81. The molecule has 1 aromatic rings. The zero-order valence-electron chi connectivity index (χ0n) is 15.0. The van der Waals surface area contributed by atoms with Gasteiger partial charge in [-0.1, -0.05) is 32.1 Å². The maximum atomic E-state index is 14.1. The summed E-state index contributed by atoms with van der Waals surface area (Å²) in [6.45, 7) is 10.0. The highest BCUT2D eigenvalue weighted by Gasteiger charge is 2.32. The lowest BCUT2D eigenvalue weighted by Crippen LogP contribution is -2.37. The molecule has 0 bridgehead atoms. The largest absolute Gasteiger partial charge is 0.573 e. The zero-order valence-corrected chi connectivity index (χ0v) is 15.0. The molecule has 1 aliphatic rings. The van der Waals surface area contributed by atoms with E-state index in [9.17, 15) is 17.6 Å². The number of ether oxygens (including phenoxy) is 2. The Bertz CT molecular complexity index is 610. The fourth-order valence-electron chi connectivity index (χ4n) is 2.99. The summed E-state index contributed by atoms with van der Waals surface area (Å²) in [7, 11) is 0. The molecule has 1 fully saturated rings. The third-order valence-electron chi connectivity index (χ3n) is 4.61. The SMILES string of the molecule is C=C(C(C)C)[C@H](CNC1CCOCC1)c1ccc(OC(F)(F)F)c(F)c1. The molecule has 0 amide bonds. The Balaban J connectivity index is 2.16. The predicted molar refractivity (Wildman–Crippen MR) is 91.6 cm³/mol. The Morgan fingerprint density at radius 3 is 2.50 bits per heavy atom. The normalized spacial score (nSPS) is 17.3. The Morgan fingerprint density at radius 2 is 1.96 bits per heavy atom. The van der Waals surface area contributed by atoms with Crippen LogP contribution in [0.1, 0.15) is 38.2 Å². The first kappa shape index (κ1) is 20.7. The molecule has 1 N–H and O–H groups in total. The van der Waals surface area contributed by atoms with Gasteiger partial charge in [-0.05, 0) is 36.5 Å². The highest BCUT2D eigenvalue weighted by Crippen LogP contribution is 2.32. The standard InChI is InChI=1S/C19H25F4NO2/c1-12(2)13(3)16(11-24-15-6-8-25-9-7-15)14-4-5-18(17(20)10-14)26-19(21,22)23/h4-5,10,12,15-16,24H,3,6-9,11H2,1-2H3/t16-/m0/s1. The third-order valence-corrected chi connectivity index (χ3v) is 4.61. The number of alkyl halides is 3. The Kier molecular flexibility index (Phi) is 7.06. The first-order valence-corrected chi connectivity index (χ1v) is 8.72. The van der Waals surface area contributed by atoms with E-state index in [1.807, 2.05) is 13.8 Å². The van der Waals surface area contributed by atoms with Gasteiger partial charge < -0.3 is 14.8 Å². The molecule has 26 heavy (non-hydrogen) atoms. The van der Waals surface area contributed by atoms with E-state index in [0.29, 0.717) is 31.4 Å². The van der Waals surface area contributed by atoms with Gasteiger partial charge in [0.1, 0.15) is 0 Å². The quantitative estimate of drug-likeness (QED) is 0.549. The lowest BCUT2D eigenvalue weighted by molar-refractivity contribution is -0.275. The van der Waals surface area contributed by atoms with Gasteiger partial charge in [-0.3, -0.25) is 0 Å². The molecule has 146 valence electrons. The number of hydrogen-bond acceptors (Lipinski definition) is 3. The summed E-state index contributed by atoms with van der Waals surface area (Å²) >= 11 is 0. The number of halogens is 4. The van der Waals surface area contributed by atoms with Crippen LogP contribution in [0.15, 0.2) is 30.4 Å². The van der Waals surface area contributed by atoms with Crippen molar-refractivity contribution in [2.24, 2.45) is 5.92 Å². The van der Waals surface area contributed by atoms with Gasteiger partial charge >= 0.3 is 6.36 Å². The van der Waals surface area contributed by atoms with Gasteiger partial charge in [-0.2, -0.15) is 0 Å². The van der Waals surface area contributed by atoms with Crippen LogP contribution in [0.5, 0.6) is 5.75 Å². The van der Waals surface area contributed by atoms with Crippen LogP contribution in [0.4, 0.5) is 17.6 Å². The molecule has 3 nitrogen and oxygen atoms in total. The van der Waals surface area contributed by atoms with Crippen molar-refractivity contribution in [2.45, 2.75) is 45.0 Å². The second kappa shape index (κ2) is 8.86. The number of hydrogen-bond donors (Lipinski definition) is 1. The highest BCUT2D eigenvalue weighted by molar-refractivity contribution is 5.35. The fraction of sp³-hybridized carbons (Fsp3) is 0.579. The molecule has 2 rings (SSSR count). The molecule has 1 aliphatic heterocycles. The van der Waals surface area contributed by atoms with Crippen LogP contribution in [-0.2, 0) is 4.74 Å². The molecular weight excluding hydrogens is 350 g/mol. The lowest BCUT2D eigenvalue weighted by atomic mass is 9.85. The van der Waals surface area contributed by atoms with Gasteiger partial charge in [-0.15, -0.1) is 13.2 Å². The van der Waals surface area contributed by atoms with Crippen molar-refractivity contribution in [1.29, 1.82) is 0 Å². The first-order valence-electron chi connectivity index (χ1n) is 8.72. The molecule has 0 aliphatic carbocycles. The van der Waals surface area contributed by atoms with Gasteiger partial charge in [0.05, 0.1) is 0 Å². The van der Waals surface area contributed by atoms with E-state index in [1.54, 1.807) is 0 Å². The van der Waals surface area contributed by atoms with Gasteiger partial charge in [0.2, 0.25) is 0 Å². The predicted octanol–water partition coefficient (Wildman–Crippen LogP) is 4.79. The summed E-state index contributed by atoms with van der Waals surface area (Å²) in [6, 6.07) is 3.90. The van der Waals surface area contributed by atoms with Crippen molar-refractivity contribution < 1.29 is 27.0 Å². The maximum absolute atomic E-state index is 14.1. The van der Waals surface area contributed by atoms with E-state index in [2.05, 4.69) is 16.6 Å². The molecule has 1 saturated heterocycles. The molecule has 0 unspecified atom stereocenters. The van der Waals surface area contributed by atoms with Crippen LogP contribution in [0.2, 0.25) is 0 Å². The van der Waals surface area contributed by atoms with Crippen molar-refractivity contribution in [3.63, 3.8) is 0 Å². The van der Waals surface area contributed by atoms with E-state index in [1.165, 1.54) is 6.07 Å². The van der Waals surface area contributed by atoms with Crippen molar-refractivity contribution in [2.75, 3.05) is 19.8 Å². The third kappa shape index (κ3) is 5.99.